The molecule has 2 rings (SSSR count). The van der Waals surface area contributed by atoms with E-state index in [9.17, 15) is 5.11 Å². The van der Waals surface area contributed by atoms with Gasteiger partial charge in [0.15, 0.2) is 0 Å². The quantitative estimate of drug-likeness (QED) is 0.886. The highest BCUT2D eigenvalue weighted by Gasteiger charge is 2.41. The summed E-state index contributed by atoms with van der Waals surface area (Å²) in [4.78, 5) is 3.94. The van der Waals surface area contributed by atoms with Gasteiger partial charge in [0.1, 0.15) is 12.7 Å². The molecule has 1 aromatic rings. The molecule has 2 heterocycles. The van der Waals surface area contributed by atoms with Gasteiger partial charge in [-0.15, -0.1) is 0 Å². The van der Waals surface area contributed by atoms with Crippen molar-refractivity contribution >= 4 is 0 Å². The second-order valence-electron chi connectivity index (χ2n) is 6.55. The molecule has 0 aromatic carbocycles. The van der Waals surface area contributed by atoms with Gasteiger partial charge in [0.2, 0.25) is 0 Å². The van der Waals surface area contributed by atoms with Crippen LogP contribution in [-0.4, -0.2) is 38.2 Å². The van der Waals surface area contributed by atoms with E-state index in [1.54, 1.807) is 11.0 Å². The number of hydrogen-bond acceptors (Lipinski definition) is 4. The van der Waals surface area contributed by atoms with E-state index in [2.05, 4.69) is 30.9 Å². The second kappa shape index (κ2) is 5.59. The van der Waals surface area contributed by atoms with E-state index in [1.807, 2.05) is 0 Å². The van der Waals surface area contributed by atoms with Crippen LogP contribution in [0.15, 0.2) is 12.7 Å². The van der Waals surface area contributed by atoms with Crippen LogP contribution < -0.4 is 0 Å². The topological polar surface area (TPSA) is 60.2 Å². The van der Waals surface area contributed by atoms with E-state index < -0.39 is 5.60 Å². The number of rotatable bonds is 5. The normalized spacial score (nSPS) is 23.5. The first-order valence-electron chi connectivity index (χ1n) is 7.07. The molecule has 5 heteroatoms. The predicted molar refractivity (Wildman–Crippen MR) is 72.6 cm³/mol. The Labute approximate surface area is 115 Å². The molecule has 0 amide bonds. The molecule has 2 unspecified atom stereocenters. The Kier molecular flexibility index (Phi) is 4.26. The Morgan fingerprint density at radius 3 is 2.74 bits per heavy atom. The van der Waals surface area contributed by atoms with Crippen LogP contribution in [0, 0.1) is 5.41 Å². The molecule has 19 heavy (non-hydrogen) atoms. The van der Waals surface area contributed by atoms with Crippen LogP contribution in [0.25, 0.3) is 0 Å². The molecule has 2 atom stereocenters. The summed E-state index contributed by atoms with van der Waals surface area (Å²) in [6, 6.07) is 0. The molecule has 1 saturated heterocycles. The maximum Gasteiger partial charge on any atom is 0.137 e. The number of aromatic nitrogens is 3. The van der Waals surface area contributed by atoms with Gasteiger partial charge in [-0.1, -0.05) is 20.8 Å². The summed E-state index contributed by atoms with van der Waals surface area (Å²) >= 11 is 0. The highest BCUT2D eigenvalue weighted by Crippen LogP contribution is 2.36. The molecule has 0 bridgehead atoms. The maximum absolute atomic E-state index is 11.0. The summed E-state index contributed by atoms with van der Waals surface area (Å²) in [7, 11) is 0. The Hall–Kier alpha value is -0.940. The highest BCUT2D eigenvalue weighted by atomic mass is 16.5. The fourth-order valence-electron chi connectivity index (χ4n) is 2.55. The summed E-state index contributed by atoms with van der Waals surface area (Å²) in [6.07, 6.45) is 7.35. The Morgan fingerprint density at radius 1 is 1.42 bits per heavy atom. The lowest BCUT2D eigenvalue weighted by atomic mass is 9.73. The molecule has 1 fully saturated rings. The molecule has 1 aliphatic rings. The maximum atomic E-state index is 11.0. The average molecular weight is 267 g/mol. The monoisotopic (exact) mass is 267 g/mol. The number of ether oxygens (including phenoxy) is 1. The molecule has 0 spiro atoms. The third-order valence-electron chi connectivity index (χ3n) is 4.19. The van der Waals surface area contributed by atoms with Crippen LogP contribution in [0.5, 0.6) is 0 Å². The summed E-state index contributed by atoms with van der Waals surface area (Å²) in [5.74, 6) is 0. The van der Waals surface area contributed by atoms with Crippen LogP contribution in [0.3, 0.4) is 0 Å². The molecule has 1 N–H and O–H groups in total. The minimum atomic E-state index is -0.799. The van der Waals surface area contributed by atoms with E-state index in [1.165, 1.54) is 6.33 Å². The third-order valence-corrected chi connectivity index (χ3v) is 4.19. The van der Waals surface area contributed by atoms with Crippen molar-refractivity contribution in [1.82, 2.24) is 14.8 Å². The fourth-order valence-corrected chi connectivity index (χ4v) is 2.55. The van der Waals surface area contributed by atoms with Crippen molar-refractivity contribution in [3.05, 3.63) is 12.7 Å². The molecule has 108 valence electrons. The van der Waals surface area contributed by atoms with Gasteiger partial charge in [0, 0.05) is 6.61 Å². The number of aliphatic hydroxyl groups is 1. The lowest BCUT2D eigenvalue weighted by molar-refractivity contribution is -0.0875. The lowest BCUT2D eigenvalue weighted by Crippen LogP contribution is -2.47. The van der Waals surface area contributed by atoms with Crippen molar-refractivity contribution in [2.24, 2.45) is 5.41 Å². The molecule has 0 saturated carbocycles. The van der Waals surface area contributed by atoms with E-state index in [4.69, 9.17) is 4.74 Å². The van der Waals surface area contributed by atoms with Crippen molar-refractivity contribution in [3.8, 4) is 0 Å². The van der Waals surface area contributed by atoms with Gasteiger partial charge >= 0.3 is 0 Å². The third kappa shape index (κ3) is 3.54. The highest BCUT2D eigenvalue weighted by molar-refractivity contribution is 4.91. The zero-order valence-corrected chi connectivity index (χ0v) is 12.2. The largest absolute Gasteiger partial charge is 0.387 e. The van der Waals surface area contributed by atoms with Gasteiger partial charge in [0.25, 0.3) is 0 Å². The summed E-state index contributed by atoms with van der Waals surface area (Å²) in [6.45, 7) is 7.54. The second-order valence-corrected chi connectivity index (χ2v) is 6.55. The van der Waals surface area contributed by atoms with E-state index >= 15 is 0 Å². The standard InChI is InChI=1S/C14H25N3O2/c1-13(2,3)14(18,9-17-11-15-10-16-17)7-6-12-5-4-8-19-12/h10-12,18H,4-9H2,1-3H3. The van der Waals surface area contributed by atoms with E-state index in [0.29, 0.717) is 12.6 Å². The van der Waals surface area contributed by atoms with Gasteiger partial charge in [-0.3, -0.25) is 4.68 Å². The molecule has 0 radical (unpaired) electrons. The Morgan fingerprint density at radius 2 is 2.21 bits per heavy atom. The van der Waals surface area contributed by atoms with Crippen molar-refractivity contribution in [2.45, 2.75) is 64.7 Å². The number of nitrogens with zero attached hydrogens (tertiary/aromatic N) is 3. The first-order valence-corrected chi connectivity index (χ1v) is 7.07. The van der Waals surface area contributed by atoms with Crippen molar-refractivity contribution in [3.63, 3.8) is 0 Å². The minimum absolute atomic E-state index is 0.211. The summed E-state index contributed by atoms with van der Waals surface area (Å²) < 4.78 is 7.36. The van der Waals surface area contributed by atoms with Crippen LogP contribution in [0.1, 0.15) is 46.5 Å². The first-order chi connectivity index (χ1) is 8.91. The van der Waals surface area contributed by atoms with Crippen molar-refractivity contribution in [1.29, 1.82) is 0 Å². The minimum Gasteiger partial charge on any atom is -0.387 e. The predicted octanol–water partition coefficient (Wildman–Crippen LogP) is 2.01. The van der Waals surface area contributed by atoms with Gasteiger partial charge < -0.3 is 9.84 Å². The summed E-state index contributed by atoms with van der Waals surface area (Å²) in [5.41, 5.74) is -1.01. The van der Waals surface area contributed by atoms with E-state index in [-0.39, 0.29) is 5.41 Å². The van der Waals surface area contributed by atoms with Gasteiger partial charge in [-0.25, -0.2) is 4.98 Å². The zero-order chi connectivity index (χ0) is 13.9. The fraction of sp³-hybridized carbons (Fsp3) is 0.857. The smallest absolute Gasteiger partial charge is 0.137 e. The Balaban J connectivity index is 2.01. The average Bonchev–Trinajstić information content (AvgIpc) is 2.97. The number of hydrogen-bond donors (Lipinski definition) is 1. The lowest BCUT2D eigenvalue weighted by Gasteiger charge is -2.40. The molecular formula is C14H25N3O2. The van der Waals surface area contributed by atoms with Gasteiger partial charge in [-0.05, 0) is 31.1 Å². The van der Waals surface area contributed by atoms with Crippen molar-refractivity contribution < 1.29 is 9.84 Å². The molecule has 1 aromatic heterocycles. The molecule has 5 nitrogen and oxygen atoms in total. The van der Waals surface area contributed by atoms with Crippen LogP contribution in [0.4, 0.5) is 0 Å². The van der Waals surface area contributed by atoms with Crippen molar-refractivity contribution in [2.75, 3.05) is 6.61 Å². The molecule has 0 aliphatic carbocycles. The molecular weight excluding hydrogens is 242 g/mol. The SMILES string of the molecule is CC(C)(C)C(O)(CCC1CCCO1)Cn1cncn1. The van der Waals surface area contributed by atoms with Crippen LogP contribution in [0.2, 0.25) is 0 Å². The van der Waals surface area contributed by atoms with E-state index in [0.717, 1.165) is 32.3 Å². The summed E-state index contributed by atoms with van der Waals surface area (Å²) in [5, 5.41) is 15.1. The Bertz CT molecular complexity index is 380. The van der Waals surface area contributed by atoms with Gasteiger partial charge in [0.05, 0.1) is 18.2 Å². The van der Waals surface area contributed by atoms with Crippen LogP contribution >= 0.6 is 0 Å². The van der Waals surface area contributed by atoms with Crippen LogP contribution in [-0.2, 0) is 11.3 Å². The zero-order valence-electron chi connectivity index (χ0n) is 12.2. The molecule has 1 aliphatic heterocycles. The first kappa shape index (κ1) is 14.5. The van der Waals surface area contributed by atoms with Gasteiger partial charge in [-0.2, -0.15) is 5.10 Å².